The second kappa shape index (κ2) is 11.4. The van der Waals surface area contributed by atoms with Gasteiger partial charge in [0, 0.05) is 43.2 Å². The normalized spacial score (nSPS) is 18.5. The fourth-order valence-electron chi connectivity index (χ4n) is 5.51. The first-order valence-corrected chi connectivity index (χ1v) is 14.3. The maximum atomic E-state index is 13.5. The van der Waals surface area contributed by atoms with Gasteiger partial charge in [0.05, 0.1) is 5.69 Å². The van der Waals surface area contributed by atoms with Crippen molar-refractivity contribution in [3.05, 3.63) is 42.0 Å². The molecule has 4 rings (SSSR count). The monoisotopic (exact) mass is 529 g/mol. The molecule has 0 aromatic heterocycles. The van der Waals surface area contributed by atoms with E-state index in [0.29, 0.717) is 37.2 Å². The number of nitrogens with zero attached hydrogens (tertiary/aromatic N) is 3. The zero-order chi connectivity index (χ0) is 26.7. The van der Waals surface area contributed by atoms with E-state index < -0.39 is 16.9 Å². The Morgan fingerprint density at radius 1 is 0.946 bits per heavy atom. The number of hydrogen-bond donors (Lipinski definition) is 1. The van der Waals surface area contributed by atoms with Gasteiger partial charge < -0.3 is 14.5 Å². The van der Waals surface area contributed by atoms with Gasteiger partial charge in [-0.25, -0.2) is 9.00 Å². The SMILES string of the molecule is CN(C(=O)c1cccc2c(N(C3CCN(C(=O)OC(C)(C)C)CC3)S(=O)O)cccc12)C1CCCCC1. The Balaban J connectivity index is 1.58. The molecule has 1 saturated heterocycles. The van der Waals surface area contributed by atoms with Crippen LogP contribution in [-0.4, -0.2) is 68.4 Å². The molecular weight excluding hydrogens is 490 g/mol. The van der Waals surface area contributed by atoms with Crippen molar-refractivity contribution in [3.8, 4) is 0 Å². The average molecular weight is 530 g/mol. The standard InChI is InChI=1S/C28H39N3O5S/c1-28(2,3)36-27(33)30-18-16-21(17-19-30)31(37(34)35)25-15-9-12-22-23(25)13-8-14-24(22)26(32)29(4)20-10-6-5-7-11-20/h8-9,12-15,20-21H,5-7,10-11,16-19H2,1-4H3,(H,34,35). The van der Waals surface area contributed by atoms with E-state index in [1.54, 1.807) is 4.90 Å². The summed E-state index contributed by atoms with van der Waals surface area (Å²) in [7, 11) is 1.88. The van der Waals surface area contributed by atoms with Gasteiger partial charge in [0.1, 0.15) is 5.60 Å². The molecule has 37 heavy (non-hydrogen) atoms. The lowest BCUT2D eigenvalue weighted by Crippen LogP contribution is -2.48. The van der Waals surface area contributed by atoms with Crippen molar-refractivity contribution in [1.82, 2.24) is 9.80 Å². The van der Waals surface area contributed by atoms with Crippen molar-refractivity contribution in [2.45, 2.75) is 83.4 Å². The third-order valence-electron chi connectivity index (χ3n) is 7.43. The van der Waals surface area contributed by atoms with Crippen LogP contribution in [0.4, 0.5) is 10.5 Å². The number of amides is 2. The Kier molecular flexibility index (Phi) is 8.43. The van der Waals surface area contributed by atoms with Crippen molar-refractivity contribution in [3.63, 3.8) is 0 Å². The molecule has 9 heteroatoms. The second-order valence-corrected chi connectivity index (χ2v) is 12.0. The van der Waals surface area contributed by atoms with E-state index in [1.165, 1.54) is 10.7 Å². The van der Waals surface area contributed by atoms with E-state index in [2.05, 4.69) is 0 Å². The van der Waals surface area contributed by atoms with Crippen LogP contribution in [0, 0.1) is 0 Å². The first kappa shape index (κ1) is 27.4. The minimum Gasteiger partial charge on any atom is -0.444 e. The van der Waals surface area contributed by atoms with E-state index in [1.807, 2.05) is 69.1 Å². The van der Waals surface area contributed by atoms with Gasteiger partial charge in [-0.05, 0) is 64.0 Å². The van der Waals surface area contributed by atoms with E-state index in [4.69, 9.17) is 4.74 Å². The second-order valence-electron chi connectivity index (χ2n) is 11.1. The minimum atomic E-state index is -2.27. The molecule has 2 fully saturated rings. The first-order valence-electron chi connectivity index (χ1n) is 13.2. The van der Waals surface area contributed by atoms with Crippen LogP contribution in [-0.2, 0) is 16.0 Å². The largest absolute Gasteiger partial charge is 0.444 e. The van der Waals surface area contributed by atoms with Crippen molar-refractivity contribution >= 4 is 39.7 Å². The molecule has 1 saturated carbocycles. The summed E-state index contributed by atoms with van der Waals surface area (Å²) in [6, 6.07) is 11.2. The number of anilines is 1. The predicted molar refractivity (Wildman–Crippen MR) is 147 cm³/mol. The first-order chi connectivity index (χ1) is 17.6. The molecule has 1 unspecified atom stereocenters. The molecule has 202 valence electrons. The summed E-state index contributed by atoms with van der Waals surface area (Å²) in [6.07, 6.45) is 6.27. The van der Waals surface area contributed by atoms with Crippen LogP contribution in [0.1, 0.15) is 76.1 Å². The van der Waals surface area contributed by atoms with Crippen LogP contribution < -0.4 is 4.31 Å². The zero-order valence-corrected chi connectivity index (χ0v) is 23.1. The number of likely N-dealkylation sites (tertiary alicyclic amines) is 1. The Morgan fingerprint density at radius 3 is 2.19 bits per heavy atom. The van der Waals surface area contributed by atoms with E-state index in [0.717, 1.165) is 36.5 Å². The molecule has 2 aromatic carbocycles. The molecule has 8 nitrogen and oxygen atoms in total. The van der Waals surface area contributed by atoms with Crippen molar-refractivity contribution in [2.24, 2.45) is 0 Å². The smallest absolute Gasteiger partial charge is 0.410 e. The van der Waals surface area contributed by atoms with Crippen LogP contribution in [0.5, 0.6) is 0 Å². The highest BCUT2D eigenvalue weighted by molar-refractivity contribution is 7.80. The Bertz CT molecular complexity index is 1150. The number of ether oxygens (including phenoxy) is 1. The maximum Gasteiger partial charge on any atom is 0.410 e. The van der Waals surface area contributed by atoms with Crippen molar-refractivity contribution in [2.75, 3.05) is 24.4 Å². The van der Waals surface area contributed by atoms with Gasteiger partial charge in [-0.1, -0.05) is 43.5 Å². The minimum absolute atomic E-state index is 0.0167. The predicted octanol–water partition coefficient (Wildman–Crippen LogP) is 5.59. The highest BCUT2D eigenvalue weighted by Gasteiger charge is 2.33. The highest BCUT2D eigenvalue weighted by atomic mass is 32.2. The van der Waals surface area contributed by atoms with Crippen molar-refractivity contribution < 1.29 is 23.1 Å². The summed E-state index contributed by atoms with van der Waals surface area (Å²) in [4.78, 5) is 29.5. The fourth-order valence-corrected chi connectivity index (χ4v) is 6.31. The van der Waals surface area contributed by atoms with Crippen LogP contribution in [0.15, 0.2) is 36.4 Å². The Hall–Kier alpha value is -2.65. The van der Waals surface area contributed by atoms with E-state index in [-0.39, 0.29) is 24.1 Å². The quantitative estimate of drug-likeness (QED) is 0.510. The maximum absolute atomic E-state index is 13.5. The van der Waals surface area contributed by atoms with Gasteiger partial charge in [0.2, 0.25) is 0 Å². The number of rotatable bonds is 5. The molecular formula is C28H39N3O5S. The number of carbonyl (C=O) groups is 2. The number of piperidine rings is 1. The van der Waals surface area contributed by atoms with Gasteiger partial charge >= 0.3 is 6.09 Å². The molecule has 1 aliphatic carbocycles. The summed E-state index contributed by atoms with van der Waals surface area (Å²) in [5.74, 6) is -0.0167. The molecule has 0 bridgehead atoms. The summed E-state index contributed by atoms with van der Waals surface area (Å²) in [6.45, 7) is 6.38. The van der Waals surface area contributed by atoms with Gasteiger partial charge in [-0.2, -0.15) is 0 Å². The van der Waals surface area contributed by atoms with Gasteiger partial charge in [-0.15, -0.1) is 0 Å². The van der Waals surface area contributed by atoms with Crippen LogP contribution in [0.3, 0.4) is 0 Å². The molecule has 1 N–H and O–H groups in total. The molecule has 2 aromatic rings. The lowest BCUT2D eigenvalue weighted by molar-refractivity contribution is 0.0207. The summed E-state index contributed by atoms with van der Waals surface area (Å²) in [5.41, 5.74) is 0.648. The molecule has 2 amide bonds. The summed E-state index contributed by atoms with van der Waals surface area (Å²) < 4.78 is 30.0. The van der Waals surface area contributed by atoms with Crippen LogP contribution in [0.2, 0.25) is 0 Å². The Morgan fingerprint density at radius 2 is 1.57 bits per heavy atom. The fraction of sp³-hybridized carbons (Fsp3) is 0.571. The number of hydrogen-bond acceptors (Lipinski definition) is 4. The van der Waals surface area contributed by atoms with Gasteiger partial charge in [0.15, 0.2) is 0 Å². The number of carbonyl (C=O) groups excluding carboxylic acids is 2. The molecule has 0 radical (unpaired) electrons. The lowest BCUT2D eigenvalue weighted by Gasteiger charge is -2.38. The van der Waals surface area contributed by atoms with Crippen LogP contribution in [0.25, 0.3) is 10.8 Å². The van der Waals surface area contributed by atoms with Crippen molar-refractivity contribution in [1.29, 1.82) is 0 Å². The number of fused-ring (bicyclic) bond motifs is 1. The lowest BCUT2D eigenvalue weighted by atomic mass is 9.93. The third-order valence-corrected chi connectivity index (χ3v) is 8.26. The van der Waals surface area contributed by atoms with E-state index in [9.17, 15) is 18.4 Å². The average Bonchev–Trinajstić information content (AvgIpc) is 2.87. The zero-order valence-electron chi connectivity index (χ0n) is 22.3. The van der Waals surface area contributed by atoms with Gasteiger partial charge in [0.25, 0.3) is 17.2 Å². The molecule has 1 aliphatic heterocycles. The molecule has 1 heterocycles. The molecule has 2 aliphatic rings. The van der Waals surface area contributed by atoms with E-state index >= 15 is 0 Å². The number of benzene rings is 2. The molecule has 0 spiro atoms. The van der Waals surface area contributed by atoms with Gasteiger partial charge in [-0.3, -0.25) is 13.7 Å². The summed E-state index contributed by atoms with van der Waals surface area (Å²) >= 11 is -2.27. The third kappa shape index (κ3) is 6.26. The summed E-state index contributed by atoms with van der Waals surface area (Å²) in [5, 5.41) is 1.54. The topological polar surface area (TPSA) is 90.4 Å². The highest BCUT2D eigenvalue weighted by Crippen LogP contribution is 2.34. The van der Waals surface area contributed by atoms with Crippen LogP contribution >= 0.6 is 0 Å². The molecule has 1 atom stereocenters. The Labute approximate surface area is 222 Å².